The fourth-order valence-corrected chi connectivity index (χ4v) is 3.96. The molecule has 0 bridgehead atoms. The van der Waals surface area contributed by atoms with Crippen LogP contribution in [-0.4, -0.2) is 47.9 Å². The van der Waals surface area contributed by atoms with Crippen LogP contribution in [0.2, 0.25) is 0 Å². The first kappa shape index (κ1) is 17.8. The molecule has 0 aromatic rings. The summed E-state index contributed by atoms with van der Waals surface area (Å²) in [4.78, 5) is 12.3. The van der Waals surface area contributed by atoms with Gasteiger partial charge in [-0.25, -0.2) is 0 Å². The van der Waals surface area contributed by atoms with Crippen LogP contribution in [0.4, 0.5) is 0 Å². The highest BCUT2D eigenvalue weighted by Crippen LogP contribution is 2.39. The maximum atomic E-state index is 12.3. The topological polar surface area (TPSA) is 58.6 Å². The molecule has 0 aromatic heterocycles. The van der Waals surface area contributed by atoms with E-state index in [1.54, 1.807) is 11.8 Å². The Hall–Kier alpha value is -0.260. The third-order valence-electron chi connectivity index (χ3n) is 4.19. The normalized spacial score (nSPS) is 27.5. The highest BCUT2D eigenvalue weighted by Gasteiger charge is 2.48. The quantitative estimate of drug-likeness (QED) is 0.640. The second-order valence-corrected chi connectivity index (χ2v) is 7.18. The van der Waals surface area contributed by atoms with Crippen LogP contribution in [0, 0.1) is 5.92 Å². The predicted molar refractivity (Wildman–Crippen MR) is 84.0 cm³/mol. The van der Waals surface area contributed by atoms with Crippen molar-refractivity contribution in [2.24, 2.45) is 5.92 Å². The number of ether oxygens (including phenoxy) is 1. The Labute approximate surface area is 127 Å². The fourth-order valence-electron chi connectivity index (χ4n) is 3.04. The largest absolute Gasteiger partial charge is 0.468 e. The average molecular weight is 303 g/mol. The summed E-state index contributed by atoms with van der Waals surface area (Å²) in [6.07, 6.45) is 5.06. The van der Waals surface area contributed by atoms with Gasteiger partial charge in [0, 0.05) is 5.25 Å². The van der Waals surface area contributed by atoms with E-state index in [0.29, 0.717) is 5.92 Å². The molecule has 2 N–H and O–H groups in total. The van der Waals surface area contributed by atoms with Gasteiger partial charge in [-0.3, -0.25) is 4.79 Å². The second kappa shape index (κ2) is 8.90. The van der Waals surface area contributed by atoms with Gasteiger partial charge in [0.25, 0.3) is 0 Å². The zero-order valence-electron chi connectivity index (χ0n) is 13.0. The number of carbonyl (C=O) groups is 1. The summed E-state index contributed by atoms with van der Waals surface area (Å²) in [6, 6.07) is 0. The third kappa shape index (κ3) is 4.37. The van der Waals surface area contributed by atoms with Gasteiger partial charge in [0.1, 0.15) is 5.54 Å². The lowest BCUT2D eigenvalue weighted by Crippen LogP contribution is -2.55. The minimum absolute atomic E-state index is 0.103. The van der Waals surface area contributed by atoms with Gasteiger partial charge in [-0.15, -0.1) is 0 Å². The van der Waals surface area contributed by atoms with Crippen molar-refractivity contribution < 1.29 is 14.6 Å². The smallest absolute Gasteiger partial charge is 0.326 e. The molecule has 118 valence electrons. The molecule has 3 unspecified atom stereocenters. The van der Waals surface area contributed by atoms with Crippen molar-refractivity contribution in [2.45, 2.75) is 56.7 Å². The van der Waals surface area contributed by atoms with E-state index < -0.39 is 5.54 Å². The van der Waals surface area contributed by atoms with E-state index in [0.717, 1.165) is 44.4 Å². The molecular weight excluding hydrogens is 274 g/mol. The average Bonchev–Trinajstić information content (AvgIpc) is 2.88. The summed E-state index contributed by atoms with van der Waals surface area (Å²) in [5.41, 5.74) is -0.478. The molecule has 1 aliphatic rings. The minimum Gasteiger partial charge on any atom is -0.468 e. The number of carbonyl (C=O) groups excluding carboxylic acids is 1. The van der Waals surface area contributed by atoms with E-state index in [2.05, 4.69) is 12.2 Å². The van der Waals surface area contributed by atoms with Crippen LogP contribution in [0.25, 0.3) is 0 Å². The second-order valence-electron chi connectivity index (χ2n) is 5.63. The Morgan fingerprint density at radius 2 is 2.35 bits per heavy atom. The van der Waals surface area contributed by atoms with Crippen molar-refractivity contribution in [2.75, 3.05) is 26.0 Å². The summed E-state index contributed by atoms with van der Waals surface area (Å²) in [6.45, 7) is 5.21. The standard InChI is InChI=1S/C15H29NO3S/c1-4-9-16-15(14(18)19-3)8-5-6-13(15)7-10-20-12(2)11-17/h12-13,16-17H,4-11H2,1-3H3. The molecule has 1 saturated carbocycles. The van der Waals surface area contributed by atoms with Gasteiger partial charge in [-0.1, -0.05) is 20.3 Å². The molecule has 1 fully saturated rings. The molecule has 0 spiro atoms. The van der Waals surface area contributed by atoms with Gasteiger partial charge < -0.3 is 15.2 Å². The molecule has 5 heteroatoms. The van der Waals surface area contributed by atoms with Gasteiger partial charge in [-0.2, -0.15) is 11.8 Å². The van der Waals surface area contributed by atoms with E-state index in [1.165, 1.54) is 7.11 Å². The Bertz CT molecular complexity index is 301. The number of hydrogen-bond acceptors (Lipinski definition) is 5. The Morgan fingerprint density at radius 1 is 1.60 bits per heavy atom. The zero-order chi connectivity index (χ0) is 15.0. The Kier molecular flexibility index (Phi) is 7.92. The van der Waals surface area contributed by atoms with Gasteiger partial charge in [0.05, 0.1) is 13.7 Å². The van der Waals surface area contributed by atoms with Gasteiger partial charge in [0.15, 0.2) is 0 Å². The predicted octanol–water partition coefficient (Wildman–Crippen LogP) is 2.20. The van der Waals surface area contributed by atoms with Crippen molar-refractivity contribution >= 4 is 17.7 Å². The van der Waals surface area contributed by atoms with Crippen LogP contribution < -0.4 is 5.32 Å². The molecule has 0 aliphatic heterocycles. The minimum atomic E-state index is -0.478. The van der Waals surface area contributed by atoms with Crippen LogP contribution in [0.15, 0.2) is 0 Å². The number of aliphatic hydroxyl groups excluding tert-OH is 1. The molecule has 0 aromatic carbocycles. The first-order chi connectivity index (χ1) is 9.60. The first-order valence-corrected chi connectivity index (χ1v) is 8.71. The van der Waals surface area contributed by atoms with Gasteiger partial charge in [-0.05, 0) is 43.9 Å². The lowest BCUT2D eigenvalue weighted by Gasteiger charge is -2.34. The van der Waals surface area contributed by atoms with Crippen LogP contribution in [-0.2, 0) is 9.53 Å². The lowest BCUT2D eigenvalue weighted by molar-refractivity contribution is -0.150. The highest BCUT2D eigenvalue weighted by atomic mass is 32.2. The third-order valence-corrected chi connectivity index (χ3v) is 5.38. The molecule has 0 heterocycles. The van der Waals surface area contributed by atoms with E-state index >= 15 is 0 Å². The van der Waals surface area contributed by atoms with Crippen molar-refractivity contribution in [1.82, 2.24) is 5.32 Å². The van der Waals surface area contributed by atoms with Crippen LogP contribution in [0.3, 0.4) is 0 Å². The van der Waals surface area contributed by atoms with Crippen LogP contribution in [0.5, 0.6) is 0 Å². The van der Waals surface area contributed by atoms with Gasteiger partial charge >= 0.3 is 5.97 Å². The number of rotatable bonds is 9. The van der Waals surface area contributed by atoms with Crippen molar-refractivity contribution in [3.8, 4) is 0 Å². The van der Waals surface area contributed by atoms with Crippen LogP contribution >= 0.6 is 11.8 Å². The van der Waals surface area contributed by atoms with E-state index in [9.17, 15) is 4.79 Å². The van der Waals surface area contributed by atoms with E-state index in [-0.39, 0.29) is 17.8 Å². The monoisotopic (exact) mass is 303 g/mol. The molecule has 0 saturated heterocycles. The molecular formula is C15H29NO3S. The molecule has 1 aliphatic carbocycles. The molecule has 20 heavy (non-hydrogen) atoms. The van der Waals surface area contributed by atoms with Crippen molar-refractivity contribution in [3.05, 3.63) is 0 Å². The number of aliphatic hydroxyl groups is 1. The number of hydrogen-bond donors (Lipinski definition) is 2. The zero-order valence-corrected chi connectivity index (χ0v) is 13.8. The number of thioether (sulfide) groups is 1. The fraction of sp³-hybridized carbons (Fsp3) is 0.933. The molecule has 4 nitrogen and oxygen atoms in total. The SMILES string of the molecule is CCCNC1(C(=O)OC)CCCC1CCSC(C)CO. The molecule has 3 atom stereocenters. The molecule has 1 rings (SSSR count). The van der Waals surface area contributed by atoms with Gasteiger partial charge in [0.2, 0.25) is 0 Å². The maximum absolute atomic E-state index is 12.3. The van der Waals surface area contributed by atoms with Crippen LogP contribution in [0.1, 0.15) is 46.0 Å². The maximum Gasteiger partial charge on any atom is 0.326 e. The summed E-state index contributed by atoms with van der Waals surface area (Å²) < 4.78 is 5.07. The Balaban J connectivity index is 2.63. The lowest BCUT2D eigenvalue weighted by atomic mass is 9.85. The van der Waals surface area contributed by atoms with E-state index in [4.69, 9.17) is 9.84 Å². The number of nitrogens with one attached hydrogen (secondary N) is 1. The van der Waals surface area contributed by atoms with Crippen molar-refractivity contribution in [1.29, 1.82) is 0 Å². The summed E-state index contributed by atoms with van der Waals surface area (Å²) in [7, 11) is 1.48. The van der Waals surface area contributed by atoms with Crippen molar-refractivity contribution in [3.63, 3.8) is 0 Å². The highest BCUT2D eigenvalue weighted by molar-refractivity contribution is 7.99. The Morgan fingerprint density at radius 3 is 2.95 bits per heavy atom. The number of methoxy groups -OCH3 is 1. The summed E-state index contributed by atoms with van der Waals surface area (Å²) >= 11 is 1.78. The van der Waals surface area contributed by atoms with E-state index in [1.807, 2.05) is 6.92 Å². The number of esters is 1. The summed E-state index contributed by atoms with van der Waals surface area (Å²) in [5, 5.41) is 12.8. The first-order valence-electron chi connectivity index (χ1n) is 7.66. The molecule has 0 radical (unpaired) electrons. The summed E-state index contributed by atoms with van der Waals surface area (Å²) in [5.74, 6) is 1.23. The molecule has 0 amide bonds.